The van der Waals surface area contributed by atoms with Gasteiger partial charge in [0.2, 0.25) is 82.7 Å². The van der Waals surface area contributed by atoms with E-state index in [4.69, 9.17) is 5.73 Å². The third-order valence-corrected chi connectivity index (χ3v) is 17.0. The van der Waals surface area contributed by atoms with Crippen molar-refractivity contribution in [3.8, 4) is 0 Å². The van der Waals surface area contributed by atoms with Gasteiger partial charge in [-0.25, -0.2) is 0 Å². The number of anilines is 1. The molecule has 0 saturated carbocycles. The first kappa shape index (κ1) is 71.4. The number of carbonyl (C=O) groups excluding carboxylic acids is 14. The monoisotopic (exact) mass is 1310 g/mol. The van der Waals surface area contributed by atoms with Gasteiger partial charge in [0.15, 0.2) is 0 Å². The average molecular weight is 1310 g/mol. The van der Waals surface area contributed by atoms with Crippen molar-refractivity contribution < 1.29 is 82.4 Å². The molecule has 4 heterocycles. The summed E-state index contributed by atoms with van der Waals surface area (Å²) in [5.41, 5.74) is 7.07. The molecule has 16 N–H and O–H groups in total. The highest BCUT2D eigenvalue weighted by Gasteiger charge is 2.45. The van der Waals surface area contributed by atoms with Gasteiger partial charge in [0.25, 0.3) is 0 Å². The molecule has 3 aromatic rings. The van der Waals surface area contributed by atoms with Crippen molar-refractivity contribution in [1.29, 1.82) is 0 Å². The third-order valence-electron chi connectivity index (χ3n) is 15.6. The van der Waals surface area contributed by atoms with Crippen LogP contribution in [0, 0.1) is 11.8 Å². The zero-order valence-electron chi connectivity index (χ0n) is 50.5. The fraction of sp³-hybridized carbons (Fsp3) is 0.517. The fourth-order valence-corrected chi connectivity index (χ4v) is 11.5. The molecule has 1 aromatic heterocycles. The summed E-state index contributed by atoms with van der Waals surface area (Å²) in [6, 6.07) is 4.46. The van der Waals surface area contributed by atoms with E-state index in [0.29, 0.717) is 39.2 Å². The number of primary amides is 1. The van der Waals surface area contributed by atoms with E-state index in [1.165, 1.54) is 26.0 Å². The number of rotatable bonds is 24. The van der Waals surface area contributed by atoms with E-state index in [9.17, 15) is 82.4 Å². The molecule has 0 radical (unpaired) electrons. The summed E-state index contributed by atoms with van der Waals surface area (Å²) in [7, 11) is 0. The van der Waals surface area contributed by atoms with Crippen molar-refractivity contribution in [3.63, 3.8) is 0 Å². The predicted molar refractivity (Wildman–Crippen MR) is 329 cm³/mol. The Morgan fingerprint density at radius 1 is 0.791 bits per heavy atom. The molecule has 11 atom stereocenters. The summed E-state index contributed by atoms with van der Waals surface area (Å²) in [4.78, 5) is 191. The van der Waals surface area contributed by atoms with Gasteiger partial charge in [0.1, 0.15) is 36.3 Å². The summed E-state index contributed by atoms with van der Waals surface area (Å²) in [6.07, 6.45) is -4.44. The molecular weight excluding hydrogens is 1230 g/mol. The summed E-state index contributed by atoms with van der Waals surface area (Å²) < 4.78 is 0. The molecule has 494 valence electrons. The number of thioether (sulfide) groups is 1. The first-order valence-corrected chi connectivity index (χ1v) is 31.0. The zero-order valence-corrected chi connectivity index (χ0v) is 52.2. The van der Waals surface area contributed by atoms with E-state index in [-0.39, 0.29) is 50.9 Å². The van der Waals surface area contributed by atoms with Crippen LogP contribution in [0.2, 0.25) is 0 Å². The van der Waals surface area contributed by atoms with E-state index in [0.717, 1.165) is 21.6 Å². The number of hydrogen-bond donors (Lipinski definition) is 16. The van der Waals surface area contributed by atoms with Crippen LogP contribution in [-0.4, -0.2) is 212 Å². The van der Waals surface area contributed by atoms with Gasteiger partial charge in [-0.15, -0.1) is 11.8 Å². The molecule has 0 aliphatic carbocycles. The Morgan fingerprint density at radius 2 is 1.48 bits per heavy atom. The topological polar surface area (TPSA) is 468 Å². The minimum Gasteiger partial charge on any atom is -0.394 e. The van der Waals surface area contributed by atoms with Crippen molar-refractivity contribution in [2.24, 2.45) is 17.6 Å². The average Bonchev–Trinajstić information content (AvgIpc) is 1.75. The number of H-pyrrole nitrogens is 1. The highest BCUT2D eigenvalue weighted by atomic mass is 32.2. The number of imide groups is 1. The fourth-order valence-electron chi connectivity index (χ4n) is 10.1. The van der Waals surface area contributed by atoms with E-state index in [1.54, 1.807) is 50.2 Å². The van der Waals surface area contributed by atoms with Gasteiger partial charge in [-0.3, -0.25) is 72.0 Å². The number of fused-ring (bicyclic) bond motifs is 4. The zero-order chi connectivity index (χ0) is 66.8. The van der Waals surface area contributed by atoms with Crippen molar-refractivity contribution in [3.05, 3.63) is 59.7 Å². The van der Waals surface area contributed by atoms with Crippen LogP contribution in [0.15, 0.2) is 53.6 Å². The van der Waals surface area contributed by atoms with Crippen LogP contribution in [0.25, 0.3) is 10.9 Å². The number of hydrogen-bond acceptors (Lipinski definition) is 19. The quantitative estimate of drug-likeness (QED) is 0.0297. The summed E-state index contributed by atoms with van der Waals surface area (Å²) >= 11 is 5.19. The van der Waals surface area contributed by atoms with Crippen LogP contribution in [-0.2, 0) is 80.1 Å². The minimum absolute atomic E-state index is 0.0380. The molecule has 33 heteroatoms. The van der Waals surface area contributed by atoms with Gasteiger partial charge in [-0.2, -0.15) is 12.6 Å². The lowest BCUT2D eigenvalue weighted by Gasteiger charge is -2.32. The van der Waals surface area contributed by atoms with Crippen molar-refractivity contribution in [2.45, 2.75) is 138 Å². The number of carbonyl (C=O) groups is 14. The minimum atomic E-state index is -1.76. The predicted octanol–water partition coefficient (Wildman–Crippen LogP) is -4.43. The van der Waals surface area contributed by atoms with Gasteiger partial charge >= 0.3 is 0 Å². The number of aromatic nitrogens is 1. The molecule has 2 saturated heterocycles. The Labute approximate surface area is 532 Å². The summed E-state index contributed by atoms with van der Waals surface area (Å²) in [5.74, 6) is -12.3. The maximum atomic E-state index is 14.7. The lowest BCUT2D eigenvalue weighted by molar-refractivity contribution is -0.144. The second-order valence-electron chi connectivity index (χ2n) is 22.4. The number of para-hydroxylation sites is 1. The van der Waals surface area contributed by atoms with Gasteiger partial charge in [0, 0.05) is 80.0 Å². The highest BCUT2D eigenvalue weighted by molar-refractivity contribution is 7.99. The Balaban J connectivity index is 1.15. The molecule has 0 spiro atoms. The lowest BCUT2D eigenvalue weighted by atomic mass is 9.93. The Bertz CT molecular complexity index is 3240. The number of aromatic amines is 1. The van der Waals surface area contributed by atoms with Crippen LogP contribution in [0.1, 0.15) is 77.3 Å². The number of nitrogens with one attached hydrogen (secondary N) is 11. The third kappa shape index (κ3) is 20.2. The number of likely N-dealkylation sites (tertiary alicyclic amines) is 1. The molecule has 11 unspecified atom stereocenters. The molecule has 6 rings (SSSR count). The van der Waals surface area contributed by atoms with E-state index in [2.05, 4.69) is 70.8 Å². The maximum absolute atomic E-state index is 14.7. The number of nitrogens with zero attached hydrogens (tertiary/aromatic N) is 2. The van der Waals surface area contributed by atoms with Crippen molar-refractivity contribution in [1.82, 2.24) is 62.6 Å². The van der Waals surface area contributed by atoms with Crippen molar-refractivity contribution in [2.75, 3.05) is 50.4 Å². The highest BCUT2D eigenvalue weighted by Crippen LogP contribution is 2.32. The summed E-state index contributed by atoms with van der Waals surface area (Å²) in [5, 5.41) is 57.6. The van der Waals surface area contributed by atoms with Crippen LogP contribution < -0.4 is 58.9 Å². The van der Waals surface area contributed by atoms with E-state index in [1.807, 2.05) is 0 Å². The summed E-state index contributed by atoms with van der Waals surface area (Å²) in [6.45, 7) is 2.86. The molecule has 3 aliphatic heterocycles. The molecule has 2 aromatic carbocycles. The van der Waals surface area contributed by atoms with Crippen LogP contribution >= 0.6 is 24.4 Å². The van der Waals surface area contributed by atoms with Gasteiger partial charge in [-0.1, -0.05) is 57.5 Å². The molecule has 91 heavy (non-hydrogen) atoms. The molecular formula is C58H78N14O17S2. The number of aliphatic hydroxyl groups is 3. The number of amides is 14. The first-order chi connectivity index (χ1) is 43.2. The second-order valence-corrected chi connectivity index (χ2v) is 24.1. The van der Waals surface area contributed by atoms with Gasteiger partial charge in [-0.05, 0) is 42.2 Å². The number of aliphatic hydroxyl groups excluding tert-OH is 3. The van der Waals surface area contributed by atoms with Gasteiger partial charge in [0.05, 0.1) is 55.1 Å². The number of benzene rings is 2. The second kappa shape index (κ2) is 33.4. The van der Waals surface area contributed by atoms with Gasteiger partial charge < -0.3 is 84.1 Å². The van der Waals surface area contributed by atoms with E-state index >= 15 is 0 Å². The number of thiol groups is 1. The largest absolute Gasteiger partial charge is 0.394 e. The Hall–Kier alpha value is -8.66. The molecule has 31 nitrogen and oxygen atoms in total. The standard InChI is InChI=1S/C58H78N14O17S2/c1-5-28(2)49(54(86)62-23-42(59)76)69-47(81)25-63-52(84)37-19-35-34-8-6-7-9-36(34)68-56(35)91-17-15-44(78)66-38(57(88)72-26-33(74)18-39(72)53(85)70-50(55(87)67-37)29(3)40(75)27-73)20-45(79)60-22-31-10-12-32(13-11-31)65-51(83)30(4)64-46(80)24-61-43(77)14-16-71-48(82)21-41(90)58(71)89/h6-13,28-30,33,37-41,49-50,68,73-75,90H,5,14-27H2,1-4H3,(H2,59,76)(H,60,79)(H,61,77)(H,62,86)(H,63,84)(H,64,80)(H,65,83)(H,66,78)(H,67,87)(H,69,81)(H,70,85). The van der Waals surface area contributed by atoms with Crippen molar-refractivity contribution >= 4 is 124 Å². The lowest BCUT2D eigenvalue weighted by Crippen LogP contribution is -2.61. The van der Waals surface area contributed by atoms with Crippen LogP contribution in [0.5, 0.6) is 0 Å². The molecule has 14 amide bonds. The normalized spacial score (nSPS) is 21.6. The number of nitrogens with two attached hydrogens (primary N) is 1. The van der Waals surface area contributed by atoms with E-state index < -0.39 is 187 Å². The molecule has 0 bridgehead atoms. The molecule has 3 aliphatic rings. The Kier molecular flexibility index (Phi) is 26.2. The maximum Gasteiger partial charge on any atom is 0.246 e. The molecule has 2 fully saturated rings. The smallest absolute Gasteiger partial charge is 0.246 e. The Morgan fingerprint density at radius 3 is 2.15 bits per heavy atom. The SMILES string of the molecule is CCC(C)C(NC(=O)CNC(=O)C1Cc2c([nH]c3ccccc23)SCCC(=O)NC(CC(=O)NCc2ccc(NC(=O)C(C)NC(=O)CNC(=O)CCN3C(=O)CC(S)C3=O)cc2)C(=O)N2CC(O)CC2C(=O)NC(C(C)C(O)CO)C(=O)N1)C(=O)NCC(N)=O. The van der Waals surface area contributed by atoms with Crippen LogP contribution in [0.3, 0.4) is 0 Å². The van der Waals surface area contributed by atoms with Crippen LogP contribution in [0.4, 0.5) is 5.69 Å². The first-order valence-electron chi connectivity index (χ1n) is 29.5.